The lowest BCUT2D eigenvalue weighted by molar-refractivity contribution is 0.637. The molecule has 92 valence electrons. The Morgan fingerprint density at radius 3 is 2.00 bits per heavy atom. The topological polar surface area (TPSA) is 17.0 Å². The Kier molecular flexibility index (Phi) is 3.03. The molecule has 0 spiro atoms. The van der Waals surface area contributed by atoms with Crippen LogP contribution in [0.4, 0.5) is 0 Å². The Hall–Kier alpha value is -1.80. The summed E-state index contributed by atoms with van der Waals surface area (Å²) in [6.45, 7) is 5.20. The molecule has 2 heteroatoms. The number of rotatable bonds is 4. The summed E-state index contributed by atoms with van der Waals surface area (Å²) in [5, 5.41) is 6.10. The third kappa shape index (κ3) is 1.79. The molecule has 1 N–H and O–H groups in total. The van der Waals surface area contributed by atoms with Gasteiger partial charge in [-0.25, -0.2) is 0 Å². The lowest BCUT2D eigenvalue weighted by Crippen LogP contribution is -2.19. The van der Waals surface area contributed by atoms with Crippen LogP contribution in [-0.2, 0) is 6.54 Å². The zero-order valence-electron chi connectivity index (χ0n) is 10.7. The normalized spacial score (nSPS) is 11.4. The monoisotopic (exact) mass is 238 g/mol. The van der Waals surface area contributed by atoms with Gasteiger partial charge in [-0.3, -0.25) is 0 Å². The first kappa shape index (κ1) is 11.3. The Morgan fingerprint density at radius 2 is 1.44 bits per heavy atom. The molecule has 2 nitrogen and oxygen atoms in total. The minimum atomic E-state index is 1.01. The van der Waals surface area contributed by atoms with Gasteiger partial charge in [0.2, 0.25) is 0 Å². The second-order valence-corrected chi connectivity index (χ2v) is 4.54. The van der Waals surface area contributed by atoms with Gasteiger partial charge in [0.05, 0.1) is 0 Å². The average molecular weight is 238 g/mol. The lowest BCUT2D eigenvalue weighted by atomic mass is 10.2. The third-order valence-electron chi connectivity index (χ3n) is 3.44. The highest BCUT2D eigenvalue weighted by Gasteiger charge is 2.08. The van der Waals surface area contributed by atoms with Crippen molar-refractivity contribution in [3.8, 4) is 0 Å². The van der Waals surface area contributed by atoms with E-state index in [2.05, 4.69) is 65.3 Å². The zero-order chi connectivity index (χ0) is 12.4. The summed E-state index contributed by atoms with van der Waals surface area (Å²) in [5.41, 5.74) is 2.66. The molecule has 18 heavy (non-hydrogen) atoms. The van der Waals surface area contributed by atoms with Crippen LogP contribution in [-0.4, -0.2) is 17.7 Å². The van der Waals surface area contributed by atoms with Crippen molar-refractivity contribution in [2.24, 2.45) is 0 Å². The number of para-hydroxylation sites is 2. The largest absolute Gasteiger partial charge is 0.339 e. The predicted molar refractivity (Wildman–Crippen MR) is 78.0 cm³/mol. The zero-order valence-corrected chi connectivity index (χ0v) is 10.7. The van der Waals surface area contributed by atoms with Crippen LogP contribution in [0.3, 0.4) is 0 Å². The van der Waals surface area contributed by atoms with Gasteiger partial charge in [-0.2, -0.15) is 0 Å². The molecule has 0 aliphatic carbocycles. The quantitative estimate of drug-likeness (QED) is 0.689. The fourth-order valence-electron chi connectivity index (χ4n) is 2.61. The van der Waals surface area contributed by atoms with Gasteiger partial charge in [-0.1, -0.05) is 43.3 Å². The number of nitrogens with one attached hydrogen (secondary N) is 1. The number of fused-ring (bicyclic) bond motifs is 3. The fraction of sp³-hybridized carbons (Fsp3) is 0.250. The number of hydrogen-bond donors (Lipinski definition) is 1. The fourth-order valence-corrected chi connectivity index (χ4v) is 2.61. The number of aromatic nitrogens is 1. The van der Waals surface area contributed by atoms with E-state index < -0.39 is 0 Å². The van der Waals surface area contributed by atoms with Gasteiger partial charge in [0.15, 0.2) is 0 Å². The number of nitrogens with zero attached hydrogens (tertiary/aromatic N) is 1. The smallest absolute Gasteiger partial charge is 0.0491 e. The van der Waals surface area contributed by atoms with Crippen molar-refractivity contribution in [1.29, 1.82) is 0 Å². The van der Waals surface area contributed by atoms with E-state index >= 15 is 0 Å². The van der Waals surface area contributed by atoms with Crippen LogP contribution in [0.25, 0.3) is 21.8 Å². The summed E-state index contributed by atoms with van der Waals surface area (Å²) in [6, 6.07) is 17.3. The molecule has 3 rings (SSSR count). The molecule has 0 saturated heterocycles. The lowest BCUT2D eigenvalue weighted by Gasteiger charge is -2.07. The van der Waals surface area contributed by atoms with Gasteiger partial charge in [-0.05, 0) is 18.7 Å². The second kappa shape index (κ2) is 4.83. The van der Waals surface area contributed by atoms with E-state index in [9.17, 15) is 0 Å². The molecular formula is C16H18N2. The molecule has 2 aromatic carbocycles. The van der Waals surface area contributed by atoms with E-state index in [1.807, 2.05) is 0 Å². The van der Waals surface area contributed by atoms with E-state index in [1.165, 1.54) is 21.8 Å². The minimum absolute atomic E-state index is 1.01. The van der Waals surface area contributed by atoms with Crippen LogP contribution in [0.2, 0.25) is 0 Å². The number of likely N-dealkylation sites (N-methyl/N-ethyl adjacent to an activating group) is 1. The first-order valence-corrected chi connectivity index (χ1v) is 6.58. The van der Waals surface area contributed by atoms with Crippen LogP contribution in [0.5, 0.6) is 0 Å². The maximum atomic E-state index is 3.40. The van der Waals surface area contributed by atoms with Gasteiger partial charge < -0.3 is 9.88 Å². The van der Waals surface area contributed by atoms with E-state index in [0.29, 0.717) is 0 Å². The van der Waals surface area contributed by atoms with Crippen LogP contribution >= 0.6 is 0 Å². The van der Waals surface area contributed by atoms with Crippen molar-refractivity contribution in [2.45, 2.75) is 13.5 Å². The summed E-state index contributed by atoms with van der Waals surface area (Å²) in [4.78, 5) is 0. The summed E-state index contributed by atoms with van der Waals surface area (Å²) < 4.78 is 2.41. The summed E-state index contributed by atoms with van der Waals surface area (Å²) in [5.74, 6) is 0. The first-order chi connectivity index (χ1) is 8.92. The molecule has 0 saturated carbocycles. The van der Waals surface area contributed by atoms with Crippen LogP contribution in [0, 0.1) is 0 Å². The molecule has 3 aromatic rings. The summed E-state index contributed by atoms with van der Waals surface area (Å²) in [7, 11) is 0. The van der Waals surface area contributed by atoms with Gasteiger partial charge >= 0.3 is 0 Å². The molecule has 0 aliphatic heterocycles. The highest BCUT2D eigenvalue weighted by molar-refractivity contribution is 6.07. The van der Waals surface area contributed by atoms with Gasteiger partial charge in [-0.15, -0.1) is 0 Å². The molecular weight excluding hydrogens is 220 g/mol. The van der Waals surface area contributed by atoms with Gasteiger partial charge in [0.25, 0.3) is 0 Å². The summed E-state index contributed by atoms with van der Waals surface area (Å²) in [6.07, 6.45) is 0. The molecule has 0 bridgehead atoms. The second-order valence-electron chi connectivity index (χ2n) is 4.54. The Balaban J connectivity index is 2.18. The average Bonchev–Trinajstić information content (AvgIpc) is 2.74. The van der Waals surface area contributed by atoms with Crippen molar-refractivity contribution in [3.63, 3.8) is 0 Å². The molecule has 0 unspecified atom stereocenters. The minimum Gasteiger partial charge on any atom is -0.339 e. The van der Waals surface area contributed by atoms with Crippen molar-refractivity contribution in [3.05, 3.63) is 48.5 Å². The van der Waals surface area contributed by atoms with Crippen molar-refractivity contribution in [1.82, 2.24) is 9.88 Å². The van der Waals surface area contributed by atoms with E-state index in [4.69, 9.17) is 0 Å². The van der Waals surface area contributed by atoms with Gasteiger partial charge in [0.1, 0.15) is 0 Å². The molecule has 0 aliphatic rings. The van der Waals surface area contributed by atoms with Gasteiger partial charge in [0, 0.05) is 34.9 Å². The van der Waals surface area contributed by atoms with E-state index in [1.54, 1.807) is 0 Å². The maximum absolute atomic E-state index is 3.40. The molecule has 1 heterocycles. The van der Waals surface area contributed by atoms with E-state index in [0.717, 1.165) is 19.6 Å². The molecule has 0 fully saturated rings. The van der Waals surface area contributed by atoms with Crippen molar-refractivity contribution in [2.75, 3.05) is 13.1 Å². The molecule has 0 radical (unpaired) electrons. The number of benzene rings is 2. The Bertz CT molecular complexity index is 614. The van der Waals surface area contributed by atoms with Crippen molar-refractivity contribution >= 4 is 21.8 Å². The Morgan fingerprint density at radius 1 is 0.889 bits per heavy atom. The highest BCUT2D eigenvalue weighted by Crippen LogP contribution is 2.28. The molecule has 0 amide bonds. The number of hydrogen-bond acceptors (Lipinski definition) is 1. The highest BCUT2D eigenvalue weighted by atomic mass is 15.0. The van der Waals surface area contributed by atoms with Crippen LogP contribution in [0.1, 0.15) is 6.92 Å². The molecule has 1 aromatic heterocycles. The standard InChI is InChI=1S/C16H18N2/c1-2-17-11-12-18-15-9-5-3-7-13(15)14-8-4-6-10-16(14)18/h3-10,17H,2,11-12H2,1H3. The maximum Gasteiger partial charge on any atom is 0.0491 e. The van der Waals surface area contributed by atoms with Crippen molar-refractivity contribution < 1.29 is 0 Å². The first-order valence-electron chi connectivity index (χ1n) is 6.58. The Labute approximate surface area is 107 Å². The predicted octanol–water partition coefficient (Wildman–Crippen LogP) is 3.40. The summed E-state index contributed by atoms with van der Waals surface area (Å²) >= 11 is 0. The van der Waals surface area contributed by atoms with E-state index in [-0.39, 0.29) is 0 Å². The van der Waals surface area contributed by atoms with Crippen LogP contribution in [0.15, 0.2) is 48.5 Å². The SMILES string of the molecule is CCNCCn1c2ccccc2c2ccccc21. The molecule has 0 atom stereocenters. The third-order valence-corrected chi connectivity index (χ3v) is 3.44. The van der Waals surface area contributed by atoms with Crippen LogP contribution < -0.4 is 5.32 Å².